The molecule has 0 aliphatic carbocycles. The molecule has 0 radical (unpaired) electrons. The van der Waals surface area contributed by atoms with E-state index in [-0.39, 0.29) is 11.9 Å². The van der Waals surface area contributed by atoms with Crippen LogP contribution in [-0.2, 0) is 0 Å². The molecule has 1 amide bonds. The first-order valence-corrected chi connectivity index (χ1v) is 8.07. The Morgan fingerprint density at radius 2 is 2.00 bits per heavy atom. The smallest absolute Gasteiger partial charge is 0.254 e. The number of nitrogens with zero attached hydrogens (tertiary/aromatic N) is 1. The first kappa shape index (κ1) is 15.0. The number of carbonyl (C=O) groups excluding carboxylic acids is 1. The molecule has 19 heavy (non-hydrogen) atoms. The van der Waals surface area contributed by atoms with Gasteiger partial charge in [0.2, 0.25) is 0 Å². The van der Waals surface area contributed by atoms with Gasteiger partial charge in [0.1, 0.15) is 0 Å². The Morgan fingerprint density at radius 3 is 2.58 bits per heavy atom. The summed E-state index contributed by atoms with van der Waals surface area (Å²) < 4.78 is 1.81. The summed E-state index contributed by atoms with van der Waals surface area (Å²) >= 11 is 6.84. The van der Waals surface area contributed by atoms with Crippen molar-refractivity contribution in [3.8, 4) is 0 Å². The summed E-state index contributed by atoms with van der Waals surface area (Å²) in [5.41, 5.74) is 6.52. The van der Waals surface area contributed by atoms with Gasteiger partial charge in [-0.3, -0.25) is 4.79 Å². The van der Waals surface area contributed by atoms with Gasteiger partial charge < -0.3 is 10.6 Å². The van der Waals surface area contributed by atoms with Crippen LogP contribution in [0.2, 0.25) is 0 Å². The van der Waals surface area contributed by atoms with Crippen LogP contribution in [0.3, 0.4) is 0 Å². The molecule has 2 N–H and O–H groups in total. The summed E-state index contributed by atoms with van der Waals surface area (Å²) in [7, 11) is 0. The van der Waals surface area contributed by atoms with Crippen molar-refractivity contribution < 1.29 is 4.79 Å². The molecule has 0 aromatic heterocycles. The van der Waals surface area contributed by atoms with Crippen molar-refractivity contribution >= 4 is 37.8 Å². The number of likely N-dealkylation sites (tertiary alicyclic amines) is 1. The van der Waals surface area contributed by atoms with E-state index >= 15 is 0 Å². The molecule has 1 heterocycles. The second-order valence-electron chi connectivity index (χ2n) is 5.18. The lowest BCUT2D eigenvalue weighted by Crippen LogP contribution is -2.49. The van der Waals surface area contributed by atoms with Crippen molar-refractivity contribution in [2.24, 2.45) is 11.7 Å². The number of benzene rings is 1. The van der Waals surface area contributed by atoms with Gasteiger partial charge >= 0.3 is 0 Å². The summed E-state index contributed by atoms with van der Waals surface area (Å²) in [6.45, 7) is 3.55. The van der Waals surface area contributed by atoms with Crippen LogP contribution in [-0.4, -0.2) is 29.9 Å². The van der Waals surface area contributed by atoms with Crippen LogP contribution < -0.4 is 5.73 Å². The van der Waals surface area contributed by atoms with Gasteiger partial charge in [0.05, 0.1) is 0 Å². The van der Waals surface area contributed by atoms with Crippen molar-refractivity contribution in [1.82, 2.24) is 4.90 Å². The molecule has 2 rings (SSSR count). The second-order valence-corrected chi connectivity index (χ2v) is 7.01. The summed E-state index contributed by atoms with van der Waals surface area (Å²) in [6, 6.07) is 5.81. The molecule has 2 atom stereocenters. The van der Waals surface area contributed by atoms with E-state index in [0.717, 1.165) is 28.3 Å². The number of amides is 1. The van der Waals surface area contributed by atoms with Gasteiger partial charge in [-0.2, -0.15) is 0 Å². The van der Waals surface area contributed by atoms with Crippen molar-refractivity contribution in [2.45, 2.75) is 25.8 Å². The van der Waals surface area contributed by atoms with Gasteiger partial charge in [0.15, 0.2) is 0 Å². The molecule has 5 heteroatoms. The Labute approximate surface area is 130 Å². The fourth-order valence-corrected chi connectivity index (χ4v) is 3.88. The summed E-state index contributed by atoms with van der Waals surface area (Å²) in [5.74, 6) is 0.719. The Morgan fingerprint density at radius 1 is 1.37 bits per heavy atom. The monoisotopic (exact) mass is 388 g/mol. The van der Waals surface area contributed by atoms with E-state index in [0.29, 0.717) is 18.0 Å². The van der Waals surface area contributed by atoms with E-state index < -0.39 is 0 Å². The molecule has 0 saturated carbocycles. The van der Waals surface area contributed by atoms with E-state index in [4.69, 9.17) is 5.73 Å². The van der Waals surface area contributed by atoms with Crippen LogP contribution in [0.5, 0.6) is 0 Å². The third-order valence-electron chi connectivity index (χ3n) is 3.62. The normalized spacial score (nSPS) is 23.5. The number of nitrogens with two attached hydrogens (primary N) is 1. The summed E-state index contributed by atoms with van der Waals surface area (Å²) in [5, 5.41) is 0. The molecule has 0 spiro atoms. The number of carbonyl (C=O) groups is 1. The van der Waals surface area contributed by atoms with Gasteiger partial charge in [-0.05, 0) is 37.0 Å². The van der Waals surface area contributed by atoms with E-state index in [9.17, 15) is 4.79 Å². The number of halogens is 2. The van der Waals surface area contributed by atoms with Gasteiger partial charge in [-0.25, -0.2) is 0 Å². The maximum atomic E-state index is 12.6. The highest BCUT2D eigenvalue weighted by Gasteiger charge is 2.29. The molecule has 1 aromatic carbocycles. The molecular formula is C14H18Br2N2O. The van der Waals surface area contributed by atoms with E-state index in [2.05, 4.69) is 38.8 Å². The highest BCUT2D eigenvalue weighted by Crippen LogP contribution is 2.26. The van der Waals surface area contributed by atoms with E-state index in [1.165, 1.54) is 0 Å². The third-order valence-corrected chi connectivity index (χ3v) is 4.54. The van der Waals surface area contributed by atoms with Crippen LogP contribution in [0.25, 0.3) is 0 Å². The topological polar surface area (TPSA) is 46.3 Å². The number of rotatable bonds is 2. The standard InChI is InChI=1S/C14H18Br2N2O/c1-9-2-3-18(13(4-9)8-17)14(19)10-5-11(15)7-12(16)6-10/h5-7,9,13H,2-4,8,17H2,1H3. The second kappa shape index (κ2) is 6.37. The predicted octanol–water partition coefficient (Wildman–Crippen LogP) is 3.41. The molecule has 1 aromatic rings. The van der Waals surface area contributed by atoms with Gasteiger partial charge in [-0.15, -0.1) is 0 Å². The largest absolute Gasteiger partial charge is 0.334 e. The molecule has 0 bridgehead atoms. The Kier molecular flexibility index (Phi) is 5.03. The fourth-order valence-electron chi connectivity index (χ4n) is 2.59. The highest BCUT2D eigenvalue weighted by atomic mass is 79.9. The van der Waals surface area contributed by atoms with E-state index in [1.807, 2.05) is 23.1 Å². The Balaban J connectivity index is 2.22. The van der Waals surface area contributed by atoms with Gasteiger partial charge in [0, 0.05) is 33.6 Å². The Hall–Kier alpha value is -0.390. The summed E-state index contributed by atoms with van der Waals surface area (Å²) in [6.07, 6.45) is 2.05. The molecule has 104 valence electrons. The maximum Gasteiger partial charge on any atom is 0.254 e. The van der Waals surface area contributed by atoms with Crippen molar-refractivity contribution in [2.75, 3.05) is 13.1 Å². The van der Waals surface area contributed by atoms with Gasteiger partial charge in [-0.1, -0.05) is 38.8 Å². The molecule has 3 nitrogen and oxygen atoms in total. The number of hydrogen-bond acceptors (Lipinski definition) is 2. The summed E-state index contributed by atoms with van der Waals surface area (Å²) in [4.78, 5) is 14.5. The lowest BCUT2D eigenvalue weighted by Gasteiger charge is -2.38. The zero-order valence-electron chi connectivity index (χ0n) is 10.9. The zero-order chi connectivity index (χ0) is 14.0. The highest BCUT2D eigenvalue weighted by molar-refractivity contribution is 9.11. The third kappa shape index (κ3) is 3.58. The quantitative estimate of drug-likeness (QED) is 0.842. The van der Waals surface area contributed by atoms with Crippen LogP contribution in [0, 0.1) is 5.92 Å². The van der Waals surface area contributed by atoms with Crippen molar-refractivity contribution in [3.05, 3.63) is 32.7 Å². The van der Waals surface area contributed by atoms with Crippen LogP contribution in [0.4, 0.5) is 0 Å². The van der Waals surface area contributed by atoms with E-state index in [1.54, 1.807) is 0 Å². The predicted molar refractivity (Wildman–Crippen MR) is 84.1 cm³/mol. The molecule has 1 aliphatic heterocycles. The zero-order valence-corrected chi connectivity index (χ0v) is 14.1. The minimum absolute atomic E-state index is 0.0735. The lowest BCUT2D eigenvalue weighted by atomic mass is 9.92. The van der Waals surface area contributed by atoms with Crippen molar-refractivity contribution in [1.29, 1.82) is 0 Å². The van der Waals surface area contributed by atoms with Gasteiger partial charge in [0.25, 0.3) is 5.91 Å². The fraction of sp³-hybridized carbons (Fsp3) is 0.500. The first-order chi connectivity index (χ1) is 9.01. The first-order valence-electron chi connectivity index (χ1n) is 6.48. The number of hydrogen-bond donors (Lipinski definition) is 1. The molecular weight excluding hydrogens is 372 g/mol. The maximum absolute atomic E-state index is 12.6. The SMILES string of the molecule is CC1CCN(C(=O)c2cc(Br)cc(Br)c2)C(CN)C1. The number of piperidine rings is 1. The minimum Gasteiger partial charge on any atom is -0.334 e. The molecule has 1 fully saturated rings. The Bertz CT molecular complexity index is 458. The van der Waals surface area contributed by atoms with Crippen molar-refractivity contribution in [3.63, 3.8) is 0 Å². The lowest BCUT2D eigenvalue weighted by molar-refractivity contribution is 0.0573. The minimum atomic E-state index is 0.0735. The molecule has 1 aliphatic rings. The van der Waals surface area contributed by atoms with Crippen LogP contribution >= 0.6 is 31.9 Å². The van der Waals surface area contributed by atoms with Crippen LogP contribution in [0.1, 0.15) is 30.1 Å². The molecule has 2 unspecified atom stereocenters. The average Bonchev–Trinajstić information content (AvgIpc) is 2.36. The van der Waals surface area contributed by atoms with Crippen LogP contribution in [0.15, 0.2) is 27.1 Å². The average molecular weight is 390 g/mol. The molecule has 1 saturated heterocycles.